The van der Waals surface area contributed by atoms with Gasteiger partial charge in [-0.1, -0.05) is 11.6 Å². The number of halogens is 1. The smallest absolute Gasteiger partial charge is 0.222 e. The van der Waals surface area contributed by atoms with Crippen LogP contribution in [0.25, 0.3) is 0 Å². The molecule has 0 aromatic carbocycles. The number of aromatic nitrogens is 2. The number of nitrogens with two attached hydrogens (primary N) is 1. The van der Waals surface area contributed by atoms with Crippen molar-refractivity contribution in [2.75, 3.05) is 18.0 Å². The molecular weight excluding hydrogens is 264 g/mol. The highest BCUT2D eigenvalue weighted by Crippen LogP contribution is 2.40. The van der Waals surface area contributed by atoms with E-state index in [0.29, 0.717) is 17.6 Å². The van der Waals surface area contributed by atoms with Gasteiger partial charge in [0.1, 0.15) is 16.8 Å². The van der Waals surface area contributed by atoms with Crippen LogP contribution in [0.4, 0.5) is 5.82 Å². The lowest BCUT2D eigenvalue weighted by Gasteiger charge is -2.20. The molecule has 2 heterocycles. The number of hydrogen-bond donors (Lipinski definition) is 1. The molecule has 1 unspecified atom stereocenters. The Balaban J connectivity index is 1.89. The van der Waals surface area contributed by atoms with Crippen molar-refractivity contribution in [1.82, 2.24) is 9.97 Å². The maximum Gasteiger partial charge on any atom is 0.222 e. The van der Waals surface area contributed by atoms with E-state index in [-0.39, 0.29) is 11.8 Å². The Bertz CT molecular complexity index is 530. The fraction of sp³-hybridized carbons (Fsp3) is 0.615. The summed E-state index contributed by atoms with van der Waals surface area (Å²) < 4.78 is 0. The van der Waals surface area contributed by atoms with Crippen LogP contribution in [0.3, 0.4) is 0 Å². The Kier molecular flexibility index (Phi) is 3.09. The lowest BCUT2D eigenvalue weighted by molar-refractivity contribution is -0.121. The fourth-order valence-electron chi connectivity index (χ4n) is 2.51. The normalized spacial score (nSPS) is 22.8. The number of hydrogen-bond acceptors (Lipinski definition) is 4. The molecule has 2 N–H and O–H groups in total. The Hall–Kier alpha value is -1.36. The largest absolute Gasteiger partial charge is 0.369 e. The third kappa shape index (κ3) is 2.39. The molecule has 1 amide bonds. The summed E-state index contributed by atoms with van der Waals surface area (Å²) in [6.07, 6.45) is 3.07. The summed E-state index contributed by atoms with van der Waals surface area (Å²) in [5.41, 5.74) is 6.26. The number of primary amides is 1. The molecule has 6 heteroatoms. The molecule has 1 aromatic heterocycles. The van der Waals surface area contributed by atoms with Gasteiger partial charge in [0, 0.05) is 24.6 Å². The molecule has 3 rings (SSSR count). The van der Waals surface area contributed by atoms with Gasteiger partial charge in [-0.05, 0) is 26.2 Å². The van der Waals surface area contributed by atoms with Gasteiger partial charge in [-0.25, -0.2) is 9.97 Å². The first kappa shape index (κ1) is 12.7. The van der Waals surface area contributed by atoms with Crippen molar-refractivity contribution < 1.29 is 4.79 Å². The van der Waals surface area contributed by atoms with Crippen LogP contribution >= 0.6 is 11.6 Å². The van der Waals surface area contributed by atoms with Crippen molar-refractivity contribution in [3.05, 3.63) is 16.5 Å². The number of nitrogens with zero attached hydrogens (tertiary/aromatic N) is 3. The van der Waals surface area contributed by atoms with E-state index in [4.69, 9.17) is 17.3 Å². The minimum absolute atomic E-state index is 0.0856. The minimum atomic E-state index is -0.234. The molecule has 1 aromatic rings. The van der Waals surface area contributed by atoms with Crippen molar-refractivity contribution in [3.8, 4) is 0 Å². The van der Waals surface area contributed by atoms with Crippen molar-refractivity contribution in [3.63, 3.8) is 0 Å². The molecule has 2 aliphatic rings. The van der Waals surface area contributed by atoms with E-state index in [0.717, 1.165) is 43.0 Å². The molecule has 0 bridgehead atoms. The van der Waals surface area contributed by atoms with Gasteiger partial charge in [-0.2, -0.15) is 0 Å². The second kappa shape index (κ2) is 4.63. The molecule has 1 saturated carbocycles. The first-order chi connectivity index (χ1) is 9.06. The standard InChI is InChI=1S/C13H17ClN4O/c1-7-10(14)16-12(8-2-3-8)17-13(7)18-5-4-9(6-18)11(15)19/h8-9H,2-6H2,1H3,(H2,15,19). The number of anilines is 1. The predicted octanol–water partition coefficient (Wildman–Crippen LogP) is 1.63. The summed E-state index contributed by atoms with van der Waals surface area (Å²) >= 11 is 6.20. The number of carbonyl (C=O) groups excluding carboxylic acids is 1. The van der Waals surface area contributed by atoms with Gasteiger partial charge in [0.05, 0.1) is 5.92 Å². The van der Waals surface area contributed by atoms with E-state index in [9.17, 15) is 4.79 Å². The van der Waals surface area contributed by atoms with Crippen LogP contribution in [0, 0.1) is 12.8 Å². The second-order valence-electron chi connectivity index (χ2n) is 5.43. The Morgan fingerprint density at radius 3 is 2.68 bits per heavy atom. The summed E-state index contributed by atoms with van der Waals surface area (Å²) in [6, 6.07) is 0. The number of carbonyl (C=O) groups is 1. The summed E-state index contributed by atoms with van der Waals surface area (Å²) in [5.74, 6) is 1.85. The molecule has 0 radical (unpaired) electrons. The zero-order chi connectivity index (χ0) is 13.6. The summed E-state index contributed by atoms with van der Waals surface area (Å²) in [7, 11) is 0. The number of rotatable bonds is 3. The first-order valence-electron chi connectivity index (χ1n) is 6.64. The SMILES string of the molecule is Cc1c(Cl)nc(C2CC2)nc1N1CCC(C(N)=O)C1. The quantitative estimate of drug-likeness (QED) is 0.854. The average molecular weight is 281 g/mol. The summed E-state index contributed by atoms with van der Waals surface area (Å²) in [6.45, 7) is 3.35. The lowest BCUT2D eigenvalue weighted by Crippen LogP contribution is -2.28. The van der Waals surface area contributed by atoms with Crippen molar-refractivity contribution >= 4 is 23.3 Å². The van der Waals surface area contributed by atoms with Gasteiger partial charge < -0.3 is 10.6 Å². The van der Waals surface area contributed by atoms with Gasteiger partial charge in [0.15, 0.2) is 0 Å². The molecule has 1 atom stereocenters. The molecule has 1 saturated heterocycles. The van der Waals surface area contributed by atoms with Gasteiger partial charge in [-0.15, -0.1) is 0 Å². The molecule has 1 aliphatic carbocycles. The van der Waals surface area contributed by atoms with Crippen molar-refractivity contribution in [2.45, 2.75) is 32.1 Å². The summed E-state index contributed by atoms with van der Waals surface area (Å²) in [4.78, 5) is 22.4. The molecule has 1 aliphatic heterocycles. The van der Waals surface area contributed by atoms with Gasteiger partial charge >= 0.3 is 0 Å². The zero-order valence-electron chi connectivity index (χ0n) is 10.9. The van der Waals surface area contributed by atoms with E-state index in [1.54, 1.807) is 0 Å². The lowest BCUT2D eigenvalue weighted by atomic mass is 10.1. The van der Waals surface area contributed by atoms with Crippen molar-refractivity contribution in [2.24, 2.45) is 11.7 Å². The summed E-state index contributed by atoms with van der Waals surface area (Å²) in [5, 5.41) is 0.523. The molecule has 0 spiro atoms. The van der Waals surface area contributed by atoms with E-state index in [2.05, 4.69) is 14.9 Å². The monoisotopic (exact) mass is 280 g/mol. The zero-order valence-corrected chi connectivity index (χ0v) is 11.7. The Morgan fingerprint density at radius 1 is 1.37 bits per heavy atom. The van der Waals surface area contributed by atoms with Crippen LogP contribution in [-0.2, 0) is 4.79 Å². The van der Waals surface area contributed by atoms with E-state index < -0.39 is 0 Å². The molecule has 2 fully saturated rings. The highest BCUT2D eigenvalue weighted by molar-refractivity contribution is 6.30. The van der Waals surface area contributed by atoms with Crippen LogP contribution in [0.5, 0.6) is 0 Å². The van der Waals surface area contributed by atoms with Gasteiger partial charge in [-0.3, -0.25) is 4.79 Å². The molecule has 19 heavy (non-hydrogen) atoms. The van der Waals surface area contributed by atoms with Crippen LogP contribution in [0.15, 0.2) is 0 Å². The Labute approximate surface area is 117 Å². The predicted molar refractivity (Wildman–Crippen MR) is 73.3 cm³/mol. The molecular formula is C13H17ClN4O. The minimum Gasteiger partial charge on any atom is -0.369 e. The molecule has 5 nitrogen and oxygen atoms in total. The third-order valence-electron chi connectivity index (χ3n) is 3.91. The first-order valence-corrected chi connectivity index (χ1v) is 7.02. The van der Waals surface area contributed by atoms with Crippen LogP contribution in [0.1, 0.15) is 36.6 Å². The Morgan fingerprint density at radius 2 is 2.11 bits per heavy atom. The highest BCUT2D eigenvalue weighted by Gasteiger charge is 2.32. The van der Waals surface area contributed by atoms with Gasteiger partial charge in [0.25, 0.3) is 0 Å². The van der Waals surface area contributed by atoms with Crippen LogP contribution < -0.4 is 10.6 Å². The fourth-order valence-corrected chi connectivity index (χ4v) is 2.68. The molecule has 102 valence electrons. The maximum atomic E-state index is 11.3. The van der Waals surface area contributed by atoms with Crippen LogP contribution in [-0.4, -0.2) is 29.0 Å². The number of amides is 1. The third-order valence-corrected chi connectivity index (χ3v) is 4.28. The highest BCUT2D eigenvalue weighted by atomic mass is 35.5. The van der Waals surface area contributed by atoms with E-state index in [1.165, 1.54) is 0 Å². The maximum absolute atomic E-state index is 11.3. The van der Waals surface area contributed by atoms with E-state index >= 15 is 0 Å². The topological polar surface area (TPSA) is 72.1 Å². The van der Waals surface area contributed by atoms with E-state index in [1.807, 2.05) is 6.92 Å². The second-order valence-corrected chi connectivity index (χ2v) is 5.79. The van der Waals surface area contributed by atoms with Crippen LogP contribution in [0.2, 0.25) is 5.15 Å². The average Bonchev–Trinajstić information content (AvgIpc) is 3.09. The van der Waals surface area contributed by atoms with Crippen molar-refractivity contribution in [1.29, 1.82) is 0 Å². The van der Waals surface area contributed by atoms with Gasteiger partial charge in [0.2, 0.25) is 5.91 Å².